The molecular formula is C11H10Cl2N2O4S. The van der Waals surface area contributed by atoms with Crippen LogP contribution in [-0.2, 0) is 10.0 Å². The van der Waals surface area contributed by atoms with Crippen molar-refractivity contribution in [2.24, 2.45) is 0 Å². The van der Waals surface area contributed by atoms with E-state index in [0.717, 1.165) is 12.1 Å². The van der Waals surface area contributed by atoms with Crippen molar-refractivity contribution < 1.29 is 13.3 Å². The van der Waals surface area contributed by atoms with Crippen LogP contribution in [0.4, 0.5) is 5.69 Å². The summed E-state index contributed by atoms with van der Waals surface area (Å²) in [6.07, 6.45) is 5.53. The number of rotatable bonds is 5. The van der Waals surface area contributed by atoms with Gasteiger partial charge in [-0.25, -0.2) is 8.42 Å². The van der Waals surface area contributed by atoms with Crippen LogP contribution in [0.2, 0.25) is 10.0 Å². The first-order valence-corrected chi connectivity index (χ1v) is 7.59. The van der Waals surface area contributed by atoms with Crippen LogP contribution in [0.25, 0.3) is 0 Å². The van der Waals surface area contributed by atoms with Crippen molar-refractivity contribution in [1.29, 1.82) is 0 Å². The molecule has 0 aliphatic rings. The van der Waals surface area contributed by atoms with E-state index >= 15 is 0 Å². The molecule has 0 saturated carbocycles. The minimum absolute atomic E-state index is 0.247. The summed E-state index contributed by atoms with van der Waals surface area (Å²) < 4.78 is 26.4. The number of nitro benzene ring substituents is 1. The molecule has 1 aromatic carbocycles. The highest BCUT2D eigenvalue weighted by Crippen LogP contribution is 2.37. The zero-order valence-electron chi connectivity index (χ0n) is 10.3. The smallest absolute Gasteiger partial charge is 0.258 e. The number of nitrogens with zero attached hydrogens (tertiary/aromatic N) is 1. The minimum atomic E-state index is -4.07. The maximum Gasteiger partial charge on any atom is 0.307 e. The Hall–Kier alpha value is -1.33. The average Bonchev–Trinajstić information content (AvgIpc) is 2.35. The summed E-state index contributed by atoms with van der Waals surface area (Å²) >= 11 is 11.4. The SMILES string of the molecule is C#CC(CC)NS(=O)(=O)c1ccc(Cl)c([N+](=O)[O-])c1Cl. The molecule has 1 unspecified atom stereocenters. The van der Waals surface area contributed by atoms with Gasteiger partial charge in [-0.3, -0.25) is 10.1 Å². The van der Waals surface area contributed by atoms with Crippen LogP contribution in [0.1, 0.15) is 13.3 Å². The molecule has 20 heavy (non-hydrogen) atoms. The Bertz CT molecular complexity index is 682. The lowest BCUT2D eigenvalue weighted by molar-refractivity contribution is -0.384. The number of halogens is 2. The molecular weight excluding hydrogens is 327 g/mol. The van der Waals surface area contributed by atoms with Crippen molar-refractivity contribution in [3.8, 4) is 12.3 Å². The van der Waals surface area contributed by atoms with Crippen molar-refractivity contribution in [3.05, 3.63) is 32.3 Å². The molecule has 1 aromatic rings. The molecule has 0 amide bonds. The second-order valence-corrected chi connectivity index (χ2v) is 6.18. The molecule has 108 valence electrons. The van der Waals surface area contributed by atoms with E-state index in [1.165, 1.54) is 0 Å². The summed E-state index contributed by atoms with van der Waals surface area (Å²) in [4.78, 5) is 9.56. The first-order chi connectivity index (χ1) is 9.24. The van der Waals surface area contributed by atoms with Crippen LogP contribution in [-0.4, -0.2) is 19.4 Å². The Morgan fingerprint density at radius 1 is 1.50 bits per heavy atom. The Balaban J connectivity index is 3.38. The van der Waals surface area contributed by atoms with Gasteiger partial charge in [0.05, 0.1) is 11.0 Å². The van der Waals surface area contributed by atoms with Gasteiger partial charge in [0.15, 0.2) is 0 Å². The largest absolute Gasteiger partial charge is 0.307 e. The Kier molecular flexibility index (Phi) is 5.36. The second kappa shape index (κ2) is 6.41. The zero-order chi connectivity index (χ0) is 15.5. The lowest BCUT2D eigenvalue weighted by Crippen LogP contribution is -2.33. The topological polar surface area (TPSA) is 89.3 Å². The standard InChI is InChI=1S/C11H10Cl2N2O4S/c1-3-7(4-2)14-20(18,19)9-6-5-8(12)11(10(9)13)15(16)17/h1,5-7,14H,4H2,2H3. The molecule has 1 rings (SSSR count). The van der Waals surface area contributed by atoms with Crippen molar-refractivity contribution in [2.75, 3.05) is 0 Å². The number of sulfonamides is 1. The van der Waals surface area contributed by atoms with Gasteiger partial charge in [-0.15, -0.1) is 6.42 Å². The van der Waals surface area contributed by atoms with Gasteiger partial charge in [0.1, 0.15) is 14.9 Å². The van der Waals surface area contributed by atoms with Gasteiger partial charge in [-0.05, 0) is 18.6 Å². The fraction of sp³-hybridized carbons (Fsp3) is 0.273. The fourth-order valence-electron chi connectivity index (χ4n) is 1.38. The van der Waals surface area contributed by atoms with E-state index in [2.05, 4.69) is 10.6 Å². The van der Waals surface area contributed by atoms with E-state index in [-0.39, 0.29) is 5.02 Å². The van der Waals surface area contributed by atoms with E-state index in [4.69, 9.17) is 29.6 Å². The summed E-state index contributed by atoms with van der Waals surface area (Å²) in [5.74, 6) is 2.25. The van der Waals surface area contributed by atoms with Gasteiger partial charge in [-0.2, -0.15) is 4.72 Å². The van der Waals surface area contributed by atoms with Gasteiger partial charge in [0, 0.05) is 0 Å². The van der Waals surface area contributed by atoms with Crippen molar-refractivity contribution in [3.63, 3.8) is 0 Å². The zero-order valence-corrected chi connectivity index (χ0v) is 12.6. The maximum atomic E-state index is 12.1. The first-order valence-electron chi connectivity index (χ1n) is 5.35. The van der Waals surface area contributed by atoms with Gasteiger partial charge >= 0.3 is 5.69 Å². The third-order valence-electron chi connectivity index (χ3n) is 2.41. The van der Waals surface area contributed by atoms with Gasteiger partial charge in [0.2, 0.25) is 10.0 Å². The molecule has 0 aliphatic heterocycles. The molecule has 0 bridgehead atoms. The maximum absolute atomic E-state index is 12.1. The van der Waals surface area contributed by atoms with Crippen molar-refractivity contribution in [1.82, 2.24) is 4.72 Å². The lowest BCUT2D eigenvalue weighted by atomic mass is 10.3. The highest BCUT2D eigenvalue weighted by Gasteiger charge is 2.28. The van der Waals surface area contributed by atoms with Crippen LogP contribution in [0.3, 0.4) is 0 Å². The summed E-state index contributed by atoms with van der Waals surface area (Å²) in [6.45, 7) is 1.69. The number of terminal acetylenes is 1. The third-order valence-corrected chi connectivity index (χ3v) is 4.72. The minimum Gasteiger partial charge on any atom is -0.258 e. The van der Waals surface area contributed by atoms with Crippen molar-refractivity contribution in [2.45, 2.75) is 24.3 Å². The molecule has 1 atom stereocenters. The second-order valence-electron chi connectivity index (χ2n) is 3.71. The van der Waals surface area contributed by atoms with Gasteiger partial charge < -0.3 is 0 Å². The van der Waals surface area contributed by atoms with E-state index in [0.29, 0.717) is 6.42 Å². The van der Waals surface area contributed by atoms with Gasteiger partial charge in [0.25, 0.3) is 0 Å². The van der Waals surface area contributed by atoms with Crippen LogP contribution in [0.15, 0.2) is 17.0 Å². The van der Waals surface area contributed by atoms with Crippen LogP contribution < -0.4 is 4.72 Å². The molecule has 9 heteroatoms. The van der Waals surface area contributed by atoms with Gasteiger partial charge in [-0.1, -0.05) is 36.0 Å². The molecule has 0 radical (unpaired) electrons. The highest BCUT2D eigenvalue weighted by molar-refractivity contribution is 7.89. The number of nitro groups is 1. The summed E-state index contributed by atoms with van der Waals surface area (Å²) in [7, 11) is -4.07. The number of nitrogens with one attached hydrogen (secondary N) is 1. The molecule has 0 fully saturated rings. The fourth-order valence-corrected chi connectivity index (χ4v) is 3.51. The number of hydrogen-bond acceptors (Lipinski definition) is 4. The van der Waals surface area contributed by atoms with E-state index in [1.54, 1.807) is 6.92 Å². The predicted molar refractivity (Wildman–Crippen MR) is 76.3 cm³/mol. The van der Waals surface area contributed by atoms with E-state index in [9.17, 15) is 18.5 Å². The number of benzene rings is 1. The Labute approximate surface area is 126 Å². The van der Waals surface area contributed by atoms with Crippen molar-refractivity contribution >= 4 is 38.9 Å². The predicted octanol–water partition coefficient (Wildman–Crippen LogP) is 2.59. The lowest BCUT2D eigenvalue weighted by Gasteiger charge is -2.12. The Morgan fingerprint density at radius 3 is 2.55 bits per heavy atom. The molecule has 6 nitrogen and oxygen atoms in total. The third kappa shape index (κ3) is 3.41. The summed E-state index contributed by atoms with van der Waals surface area (Å²) in [5.41, 5.74) is -0.662. The summed E-state index contributed by atoms with van der Waals surface area (Å²) in [6, 6.07) is 1.45. The molecule has 0 saturated heterocycles. The summed E-state index contributed by atoms with van der Waals surface area (Å²) in [5, 5.41) is 10.0. The van der Waals surface area contributed by atoms with Crippen LogP contribution >= 0.6 is 23.2 Å². The molecule has 0 aromatic heterocycles. The van der Waals surface area contributed by atoms with Crippen LogP contribution in [0, 0.1) is 22.5 Å². The number of hydrogen-bond donors (Lipinski definition) is 1. The van der Waals surface area contributed by atoms with E-state index in [1.807, 2.05) is 0 Å². The molecule has 0 aliphatic carbocycles. The van der Waals surface area contributed by atoms with E-state index < -0.39 is 36.6 Å². The van der Waals surface area contributed by atoms with Crippen LogP contribution in [0.5, 0.6) is 0 Å². The first kappa shape index (κ1) is 16.7. The molecule has 0 heterocycles. The molecule has 0 spiro atoms. The monoisotopic (exact) mass is 336 g/mol. The quantitative estimate of drug-likeness (QED) is 0.508. The Morgan fingerprint density at radius 2 is 2.10 bits per heavy atom. The normalized spacial score (nSPS) is 12.7. The highest BCUT2D eigenvalue weighted by atomic mass is 35.5. The molecule has 1 N–H and O–H groups in total. The average molecular weight is 337 g/mol.